The zero-order valence-corrected chi connectivity index (χ0v) is 23.6. The van der Waals surface area contributed by atoms with Crippen molar-refractivity contribution < 1.29 is 19.0 Å². The minimum atomic E-state index is -0.267. The van der Waals surface area contributed by atoms with Gasteiger partial charge in [0.05, 0.1) is 33.4 Å². The largest absolute Gasteiger partial charge is 0.469 e. The number of nitrogens with one attached hydrogen (secondary N) is 1. The van der Waals surface area contributed by atoms with E-state index in [1.165, 1.54) is 7.11 Å². The van der Waals surface area contributed by atoms with Crippen LogP contribution in [0.2, 0.25) is 0 Å². The summed E-state index contributed by atoms with van der Waals surface area (Å²) in [6.07, 6.45) is 2.85. The number of H-pyrrole nitrogens is 1. The van der Waals surface area contributed by atoms with E-state index in [4.69, 9.17) is 19.9 Å². The normalized spacial score (nSPS) is 14.2. The van der Waals surface area contributed by atoms with E-state index in [-0.39, 0.29) is 29.9 Å². The Hall–Kier alpha value is -3.48. The molecular weight excluding hydrogens is 514 g/mol. The second kappa shape index (κ2) is 14.8. The Balaban J connectivity index is 1.44. The summed E-state index contributed by atoms with van der Waals surface area (Å²) in [5.41, 5.74) is 8.78. The zero-order chi connectivity index (χ0) is 28.3. The number of morpholine rings is 1. The topological polar surface area (TPSA) is 141 Å². The molecule has 12 heteroatoms. The molecule has 1 aliphatic rings. The molecule has 12 nitrogen and oxygen atoms in total. The van der Waals surface area contributed by atoms with Crippen molar-refractivity contribution >= 4 is 23.0 Å². The van der Waals surface area contributed by atoms with Crippen LogP contribution in [0, 0.1) is 0 Å². The van der Waals surface area contributed by atoms with Gasteiger partial charge in [0.25, 0.3) is 0 Å². The number of esters is 1. The minimum absolute atomic E-state index is 0.185. The van der Waals surface area contributed by atoms with E-state index in [1.807, 2.05) is 12.1 Å². The number of unbranched alkanes of at least 4 members (excludes halogenated alkanes) is 1. The second-order valence-corrected chi connectivity index (χ2v) is 10.0. The number of fused-ring (bicyclic) bond motifs is 1. The first-order valence-electron chi connectivity index (χ1n) is 14.0. The molecule has 0 bridgehead atoms. The van der Waals surface area contributed by atoms with Crippen molar-refractivity contribution in [1.82, 2.24) is 29.3 Å². The lowest BCUT2D eigenvalue weighted by molar-refractivity contribution is -0.139. The lowest BCUT2D eigenvalue weighted by atomic mass is 10.1. The van der Waals surface area contributed by atoms with Gasteiger partial charge in [0, 0.05) is 45.8 Å². The minimum Gasteiger partial charge on any atom is -0.469 e. The number of imidazole rings is 1. The number of carbonyl (C=O) groups excluding carboxylic acids is 1. The number of benzene rings is 1. The van der Waals surface area contributed by atoms with Crippen LogP contribution in [-0.2, 0) is 33.8 Å². The number of aromatic amines is 1. The van der Waals surface area contributed by atoms with Crippen LogP contribution < -0.4 is 16.2 Å². The number of nitrogens with zero attached hydrogens (tertiary/aromatic N) is 5. The number of aryl methyl sites for hydroxylation is 1. The maximum Gasteiger partial charge on any atom is 0.327 e. The Morgan fingerprint density at radius 1 is 1.15 bits per heavy atom. The molecule has 0 amide bonds. The number of hydrogen-bond acceptors (Lipinski definition) is 10. The van der Waals surface area contributed by atoms with Gasteiger partial charge in [0.15, 0.2) is 11.5 Å². The molecule has 3 heterocycles. The average molecular weight is 556 g/mol. The highest BCUT2D eigenvalue weighted by molar-refractivity contribution is 5.81. The summed E-state index contributed by atoms with van der Waals surface area (Å²) < 4.78 is 17.6. The summed E-state index contributed by atoms with van der Waals surface area (Å²) >= 11 is 0. The fraction of sp³-hybridized carbons (Fsp3) is 0.571. The average Bonchev–Trinajstić information content (AvgIpc) is 3.28. The third kappa shape index (κ3) is 8.26. The molecule has 4 rings (SSSR count). The number of nitrogen functional groups attached to an aromatic ring is 1. The van der Waals surface area contributed by atoms with Crippen LogP contribution in [0.1, 0.15) is 37.3 Å². The molecule has 40 heavy (non-hydrogen) atoms. The van der Waals surface area contributed by atoms with Gasteiger partial charge in [-0.05, 0) is 24.0 Å². The summed E-state index contributed by atoms with van der Waals surface area (Å²) in [5, 5.41) is 0. The van der Waals surface area contributed by atoms with E-state index in [1.54, 1.807) is 4.57 Å². The van der Waals surface area contributed by atoms with Gasteiger partial charge in [-0.1, -0.05) is 37.6 Å². The molecule has 3 N–H and O–H groups in total. The van der Waals surface area contributed by atoms with Crippen molar-refractivity contribution in [2.75, 3.05) is 65.4 Å². The van der Waals surface area contributed by atoms with E-state index < -0.39 is 0 Å². The van der Waals surface area contributed by atoms with E-state index in [0.29, 0.717) is 24.3 Å². The first kappa shape index (κ1) is 29.5. The van der Waals surface area contributed by atoms with Gasteiger partial charge in [-0.25, -0.2) is 4.79 Å². The van der Waals surface area contributed by atoms with Crippen molar-refractivity contribution in [2.24, 2.45) is 0 Å². The first-order chi connectivity index (χ1) is 19.5. The lowest BCUT2D eigenvalue weighted by Gasteiger charge is -2.30. The van der Waals surface area contributed by atoms with Gasteiger partial charge in [-0.3, -0.25) is 19.2 Å². The molecule has 2 aromatic heterocycles. The van der Waals surface area contributed by atoms with Gasteiger partial charge in [-0.15, -0.1) is 0 Å². The molecule has 0 spiro atoms. The maximum absolute atomic E-state index is 12.8. The summed E-state index contributed by atoms with van der Waals surface area (Å²) in [4.78, 5) is 40.8. The third-order valence-electron chi connectivity index (χ3n) is 7.03. The Kier molecular flexibility index (Phi) is 10.9. The van der Waals surface area contributed by atoms with Crippen molar-refractivity contribution in [2.45, 2.75) is 45.7 Å². The standard InChI is InChI=1S/C28H41N7O5/c1-3-4-15-40-27-31-25(29)24-26(32-27)35(28(37)30-24)10-6-9-34(12-11-33-13-16-39-17-14-33)20-22-8-5-7-21(18-22)19-23(36)38-2/h5,7-8,18H,3-4,6,9-17,19-20H2,1-2H3,(H,30,37)(H2,29,31,32). The molecule has 0 radical (unpaired) electrons. The Labute approximate surface area is 234 Å². The summed E-state index contributed by atoms with van der Waals surface area (Å²) in [7, 11) is 1.40. The maximum atomic E-state index is 12.8. The number of ether oxygens (including phenoxy) is 3. The number of hydrogen-bond donors (Lipinski definition) is 2. The monoisotopic (exact) mass is 555 g/mol. The van der Waals surface area contributed by atoms with Gasteiger partial charge in [-0.2, -0.15) is 9.97 Å². The second-order valence-electron chi connectivity index (χ2n) is 10.0. The number of aromatic nitrogens is 4. The SMILES string of the molecule is CCCCOc1nc(N)c2[nH]c(=O)n(CCCN(CCN3CCOCC3)Cc3cccc(CC(=O)OC)c3)c2n1. The molecule has 1 fully saturated rings. The quantitative estimate of drug-likeness (QED) is 0.211. The molecule has 1 aromatic carbocycles. The molecule has 218 valence electrons. The molecule has 1 aliphatic heterocycles. The van der Waals surface area contributed by atoms with Crippen LogP contribution in [0.4, 0.5) is 5.82 Å². The van der Waals surface area contributed by atoms with Crippen LogP contribution in [0.5, 0.6) is 6.01 Å². The summed E-state index contributed by atoms with van der Waals surface area (Å²) in [6, 6.07) is 8.24. The number of rotatable bonds is 15. The van der Waals surface area contributed by atoms with E-state index in [9.17, 15) is 9.59 Å². The van der Waals surface area contributed by atoms with Gasteiger partial charge >= 0.3 is 17.7 Å². The van der Waals surface area contributed by atoms with Crippen LogP contribution in [0.25, 0.3) is 11.2 Å². The van der Waals surface area contributed by atoms with Gasteiger partial charge < -0.3 is 24.9 Å². The third-order valence-corrected chi connectivity index (χ3v) is 7.03. The highest BCUT2D eigenvalue weighted by Crippen LogP contribution is 2.18. The Bertz CT molecular complexity index is 1300. The Morgan fingerprint density at radius 2 is 1.95 bits per heavy atom. The van der Waals surface area contributed by atoms with Crippen LogP contribution in [0.15, 0.2) is 29.1 Å². The smallest absolute Gasteiger partial charge is 0.327 e. The van der Waals surface area contributed by atoms with Crippen molar-refractivity contribution in [1.29, 1.82) is 0 Å². The van der Waals surface area contributed by atoms with E-state index in [2.05, 4.69) is 43.8 Å². The van der Waals surface area contributed by atoms with Crippen LogP contribution >= 0.6 is 0 Å². The molecule has 1 saturated heterocycles. The highest BCUT2D eigenvalue weighted by Gasteiger charge is 2.17. The molecule has 3 aromatic rings. The fourth-order valence-corrected chi connectivity index (χ4v) is 4.78. The summed E-state index contributed by atoms with van der Waals surface area (Å²) in [5.74, 6) is -0.0554. The van der Waals surface area contributed by atoms with Crippen LogP contribution in [0.3, 0.4) is 0 Å². The molecule has 0 saturated carbocycles. The van der Waals surface area contributed by atoms with Gasteiger partial charge in [0.2, 0.25) is 0 Å². The van der Waals surface area contributed by atoms with Crippen molar-refractivity contribution in [3.63, 3.8) is 0 Å². The molecule has 0 atom stereocenters. The molecular formula is C28H41N7O5. The Morgan fingerprint density at radius 3 is 2.73 bits per heavy atom. The van der Waals surface area contributed by atoms with Gasteiger partial charge in [0.1, 0.15) is 5.52 Å². The fourth-order valence-electron chi connectivity index (χ4n) is 4.78. The number of anilines is 1. The lowest BCUT2D eigenvalue weighted by Crippen LogP contribution is -2.41. The van der Waals surface area contributed by atoms with Crippen molar-refractivity contribution in [3.8, 4) is 6.01 Å². The molecule has 0 aliphatic carbocycles. The first-order valence-corrected chi connectivity index (χ1v) is 14.0. The summed E-state index contributed by atoms with van der Waals surface area (Å²) in [6.45, 7) is 9.72. The highest BCUT2D eigenvalue weighted by atomic mass is 16.5. The van der Waals surface area contributed by atoms with E-state index >= 15 is 0 Å². The number of nitrogens with two attached hydrogens (primary N) is 1. The number of methoxy groups -OCH3 is 1. The van der Waals surface area contributed by atoms with Crippen LogP contribution in [-0.4, -0.2) is 94.9 Å². The molecule has 0 unspecified atom stereocenters. The predicted octanol–water partition coefficient (Wildman–Crippen LogP) is 1.82. The zero-order valence-electron chi connectivity index (χ0n) is 23.6. The predicted molar refractivity (Wildman–Crippen MR) is 152 cm³/mol. The number of carbonyl (C=O) groups is 1. The van der Waals surface area contributed by atoms with Crippen molar-refractivity contribution in [3.05, 3.63) is 45.9 Å². The van der Waals surface area contributed by atoms with E-state index in [0.717, 1.165) is 82.9 Å².